The van der Waals surface area contributed by atoms with Gasteiger partial charge in [-0.2, -0.15) is 18.3 Å². The molecule has 4 aromatic rings. The minimum Gasteiger partial charge on any atom is -0.465 e. The Morgan fingerprint density at radius 2 is 1.94 bits per heavy atom. The first-order valence-corrected chi connectivity index (χ1v) is 9.63. The van der Waals surface area contributed by atoms with E-state index in [0.29, 0.717) is 5.52 Å². The molecule has 164 valence electrons. The van der Waals surface area contributed by atoms with Crippen LogP contribution in [0.5, 0.6) is 0 Å². The Kier molecular flexibility index (Phi) is 5.60. The van der Waals surface area contributed by atoms with Crippen LogP contribution in [0, 0.1) is 5.82 Å². The molecule has 0 fully saturated rings. The Balaban J connectivity index is 1.86. The summed E-state index contributed by atoms with van der Waals surface area (Å²) >= 11 is 6.09. The van der Waals surface area contributed by atoms with Gasteiger partial charge in [0.25, 0.3) is 0 Å². The first-order chi connectivity index (χ1) is 15.2. The molecule has 4 rings (SSSR count). The van der Waals surface area contributed by atoms with Gasteiger partial charge in [-0.3, -0.25) is 9.67 Å². The van der Waals surface area contributed by atoms with Gasteiger partial charge in [-0.25, -0.2) is 9.18 Å². The van der Waals surface area contributed by atoms with Crippen molar-refractivity contribution < 1.29 is 27.1 Å². The van der Waals surface area contributed by atoms with Gasteiger partial charge in [0, 0.05) is 22.3 Å². The van der Waals surface area contributed by atoms with E-state index in [-0.39, 0.29) is 39.5 Å². The van der Waals surface area contributed by atoms with E-state index in [1.54, 1.807) is 12.1 Å². The second-order valence-electron chi connectivity index (χ2n) is 6.83. The van der Waals surface area contributed by atoms with E-state index in [2.05, 4.69) is 14.8 Å². The van der Waals surface area contributed by atoms with Crippen molar-refractivity contribution in [2.75, 3.05) is 7.11 Å². The lowest BCUT2D eigenvalue weighted by molar-refractivity contribution is -0.138. The summed E-state index contributed by atoms with van der Waals surface area (Å²) in [6, 6.07) is 10.5. The molecule has 2 aromatic carbocycles. The fourth-order valence-electron chi connectivity index (χ4n) is 3.40. The molecule has 0 atom stereocenters. The molecule has 10 heteroatoms. The van der Waals surface area contributed by atoms with Crippen molar-refractivity contribution in [2.45, 2.75) is 12.7 Å². The number of alkyl halides is 3. The number of aromatic nitrogens is 3. The summed E-state index contributed by atoms with van der Waals surface area (Å²) in [5, 5.41) is 4.28. The quantitative estimate of drug-likeness (QED) is 0.286. The molecular weight excluding hydrogens is 450 g/mol. The molecule has 0 saturated carbocycles. The molecule has 0 amide bonds. The normalized spacial score (nSPS) is 11.7. The highest BCUT2D eigenvalue weighted by Crippen LogP contribution is 2.36. The van der Waals surface area contributed by atoms with Crippen LogP contribution in [0.25, 0.3) is 22.3 Å². The zero-order chi connectivity index (χ0) is 23.0. The molecule has 32 heavy (non-hydrogen) atoms. The number of ether oxygens (including phenoxy) is 1. The van der Waals surface area contributed by atoms with Crippen molar-refractivity contribution in [3.05, 3.63) is 82.3 Å². The molecule has 0 aliphatic heterocycles. The summed E-state index contributed by atoms with van der Waals surface area (Å²) in [7, 11) is 1.18. The smallest absolute Gasteiger partial charge is 0.416 e. The third-order valence-corrected chi connectivity index (χ3v) is 5.24. The van der Waals surface area contributed by atoms with Crippen LogP contribution in [0.2, 0.25) is 5.02 Å². The average molecular weight is 464 g/mol. The van der Waals surface area contributed by atoms with E-state index in [1.807, 2.05) is 0 Å². The van der Waals surface area contributed by atoms with Crippen molar-refractivity contribution in [3.8, 4) is 11.3 Å². The number of fused-ring (bicyclic) bond motifs is 1. The van der Waals surface area contributed by atoms with Gasteiger partial charge in [0.1, 0.15) is 17.0 Å². The Labute approximate surface area is 184 Å². The molecule has 0 aliphatic rings. The summed E-state index contributed by atoms with van der Waals surface area (Å²) < 4.78 is 61.2. The van der Waals surface area contributed by atoms with E-state index >= 15 is 0 Å². The van der Waals surface area contributed by atoms with E-state index in [0.717, 1.165) is 12.1 Å². The zero-order valence-corrected chi connectivity index (χ0v) is 17.2. The van der Waals surface area contributed by atoms with Crippen LogP contribution in [0.15, 0.2) is 54.7 Å². The van der Waals surface area contributed by atoms with Crippen LogP contribution < -0.4 is 0 Å². The third kappa shape index (κ3) is 3.91. The van der Waals surface area contributed by atoms with Crippen molar-refractivity contribution in [2.24, 2.45) is 0 Å². The van der Waals surface area contributed by atoms with Gasteiger partial charge < -0.3 is 4.74 Å². The Hall–Kier alpha value is -3.46. The Bertz CT molecular complexity index is 1330. The number of carbonyl (C=O) groups excluding carboxylic acids is 1. The van der Waals surface area contributed by atoms with E-state index < -0.39 is 23.5 Å². The number of methoxy groups -OCH3 is 1. The standard InChI is InChI=1S/C22H14ClF4N3O2/c1-32-21(31)12-7-8-13(17(24)10-12)19-20-18(6-3-9-28-20)30(29-19)11-14-15(22(25,26)27)4-2-5-16(14)23/h2-10H,11H2,1H3. The van der Waals surface area contributed by atoms with Gasteiger partial charge in [0.15, 0.2) is 0 Å². The number of pyridine rings is 1. The van der Waals surface area contributed by atoms with Crippen LogP contribution in [0.4, 0.5) is 17.6 Å². The van der Waals surface area contributed by atoms with Crippen molar-refractivity contribution in [1.29, 1.82) is 0 Å². The maximum absolute atomic E-state index is 14.8. The second kappa shape index (κ2) is 8.23. The van der Waals surface area contributed by atoms with Crippen molar-refractivity contribution in [3.63, 3.8) is 0 Å². The van der Waals surface area contributed by atoms with Gasteiger partial charge in [-0.05, 0) is 42.5 Å². The molecule has 0 spiro atoms. The first-order valence-electron chi connectivity index (χ1n) is 9.25. The number of nitrogens with zero attached hydrogens (tertiary/aromatic N) is 3. The Morgan fingerprint density at radius 3 is 2.62 bits per heavy atom. The minimum absolute atomic E-state index is 0.0105. The highest BCUT2D eigenvalue weighted by molar-refractivity contribution is 6.31. The topological polar surface area (TPSA) is 57.0 Å². The third-order valence-electron chi connectivity index (χ3n) is 4.89. The number of benzene rings is 2. The lowest BCUT2D eigenvalue weighted by atomic mass is 10.1. The van der Waals surface area contributed by atoms with Crippen LogP contribution in [-0.2, 0) is 17.5 Å². The predicted octanol–water partition coefficient (Wildman–Crippen LogP) is 5.74. The molecule has 0 unspecified atom stereocenters. The minimum atomic E-state index is -4.61. The molecule has 0 N–H and O–H groups in total. The van der Waals surface area contributed by atoms with E-state index in [1.165, 1.54) is 42.3 Å². The molecule has 2 heterocycles. The number of esters is 1. The number of rotatable bonds is 4. The largest absolute Gasteiger partial charge is 0.465 e. The highest BCUT2D eigenvalue weighted by Gasteiger charge is 2.34. The first kappa shape index (κ1) is 21.8. The SMILES string of the molecule is COC(=O)c1ccc(-c2nn(Cc3c(Cl)cccc3C(F)(F)F)c3cccnc23)c(F)c1. The van der Waals surface area contributed by atoms with Gasteiger partial charge in [0.05, 0.1) is 30.3 Å². The van der Waals surface area contributed by atoms with Gasteiger partial charge in [-0.15, -0.1) is 0 Å². The zero-order valence-electron chi connectivity index (χ0n) is 16.5. The molecule has 0 aliphatic carbocycles. The average Bonchev–Trinajstić information content (AvgIpc) is 3.12. The predicted molar refractivity (Wildman–Crippen MR) is 110 cm³/mol. The fourth-order valence-corrected chi connectivity index (χ4v) is 3.63. The summed E-state index contributed by atoms with van der Waals surface area (Å²) in [6.07, 6.45) is -3.14. The van der Waals surface area contributed by atoms with Crippen LogP contribution in [0.3, 0.4) is 0 Å². The lowest BCUT2D eigenvalue weighted by Crippen LogP contribution is -2.13. The molecule has 5 nitrogen and oxygen atoms in total. The van der Waals surface area contributed by atoms with E-state index in [4.69, 9.17) is 11.6 Å². The summed E-state index contributed by atoms with van der Waals surface area (Å²) in [6.45, 7) is -0.307. The number of hydrogen-bond acceptors (Lipinski definition) is 4. The van der Waals surface area contributed by atoms with Crippen LogP contribution in [0.1, 0.15) is 21.5 Å². The monoisotopic (exact) mass is 463 g/mol. The maximum Gasteiger partial charge on any atom is 0.416 e. The summed E-state index contributed by atoms with van der Waals surface area (Å²) in [4.78, 5) is 15.9. The maximum atomic E-state index is 14.8. The summed E-state index contributed by atoms with van der Waals surface area (Å²) in [5.74, 6) is -1.46. The Morgan fingerprint density at radius 1 is 1.16 bits per heavy atom. The summed E-state index contributed by atoms with van der Waals surface area (Å²) in [5.41, 5.74) is -0.192. The lowest BCUT2D eigenvalue weighted by Gasteiger charge is -2.14. The van der Waals surface area contributed by atoms with Crippen LogP contribution >= 0.6 is 11.6 Å². The van der Waals surface area contributed by atoms with Gasteiger partial charge >= 0.3 is 12.1 Å². The number of halogens is 5. The molecule has 0 bridgehead atoms. The molecule has 2 aromatic heterocycles. The molecule has 0 radical (unpaired) electrons. The highest BCUT2D eigenvalue weighted by atomic mass is 35.5. The molecule has 0 saturated heterocycles. The number of hydrogen-bond donors (Lipinski definition) is 0. The van der Waals surface area contributed by atoms with E-state index in [9.17, 15) is 22.4 Å². The fraction of sp³-hybridized carbons (Fsp3) is 0.136. The second-order valence-corrected chi connectivity index (χ2v) is 7.23. The molecular formula is C22H14ClF4N3O2. The van der Waals surface area contributed by atoms with Crippen molar-refractivity contribution >= 4 is 28.6 Å². The number of carbonyl (C=O) groups is 1. The van der Waals surface area contributed by atoms with Gasteiger partial charge in [-0.1, -0.05) is 17.7 Å². The van der Waals surface area contributed by atoms with Crippen LogP contribution in [-0.4, -0.2) is 27.8 Å². The van der Waals surface area contributed by atoms with Crippen molar-refractivity contribution in [1.82, 2.24) is 14.8 Å². The van der Waals surface area contributed by atoms with Gasteiger partial charge in [0.2, 0.25) is 0 Å².